The van der Waals surface area contributed by atoms with Crippen molar-refractivity contribution >= 4 is 75.5 Å². The van der Waals surface area contributed by atoms with E-state index >= 15 is 0 Å². The first-order valence-electron chi connectivity index (χ1n) is 8.92. The minimum absolute atomic E-state index is 0.0332. The zero-order valence-corrected chi connectivity index (χ0v) is 18.5. The fourth-order valence-corrected chi connectivity index (χ4v) is 5.08. The summed E-state index contributed by atoms with van der Waals surface area (Å²) < 4.78 is 0. The Bertz CT molecular complexity index is 1020. The lowest BCUT2D eigenvalue weighted by molar-refractivity contribution is 0.441. The second-order valence-electron chi connectivity index (χ2n) is 6.92. The van der Waals surface area contributed by atoms with Crippen molar-refractivity contribution in [2.24, 2.45) is 10.9 Å². The third-order valence-electron chi connectivity index (χ3n) is 5.13. The van der Waals surface area contributed by atoms with Crippen molar-refractivity contribution in [3.05, 3.63) is 73.2 Å². The standard InChI is InChI=1S/C21H16Cl4N2S/c22-13-5-4-11(17(24)9-13)8-12-2-1-3-16-19(12)26-21(28)27-20(16)15-7-6-14(23)10-18(15)25/h4-10,16,20H,1-3H2,(H,27,28)/b12-8+/t16-,20+/m1/s1. The second-order valence-corrected chi connectivity index (χ2v) is 9.00. The van der Waals surface area contributed by atoms with Crippen LogP contribution in [0.25, 0.3) is 6.08 Å². The van der Waals surface area contributed by atoms with E-state index in [1.54, 1.807) is 12.1 Å². The van der Waals surface area contributed by atoms with Crippen LogP contribution in [0, 0.1) is 5.92 Å². The van der Waals surface area contributed by atoms with E-state index in [1.807, 2.05) is 24.3 Å². The molecule has 0 radical (unpaired) electrons. The zero-order chi connectivity index (χ0) is 19.8. The quantitative estimate of drug-likeness (QED) is 0.459. The molecule has 2 aromatic rings. The van der Waals surface area contributed by atoms with E-state index in [4.69, 9.17) is 58.6 Å². The van der Waals surface area contributed by atoms with E-state index in [9.17, 15) is 0 Å². The molecule has 144 valence electrons. The van der Waals surface area contributed by atoms with Crippen molar-refractivity contribution in [3.63, 3.8) is 0 Å². The molecule has 0 bridgehead atoms. The van der Waals surface area contributed by atoms with Gasteiger partial charge in [0.15, 0.2) is 5.11 Å². The number of aliphatic imine (C=N–C) groups is 1. The van der Waals surface area contributed by atoms with E-state index < -0.39 is 0 Å². The Morgan fingerprint density at radius 2 is 1.71 bits per heavy atom. The Kier molecular flexibility index (Phi) is 6.01. The lowest BCUT2D eigenvalue weighted by atomic mass is 9.76. The van der Waals surface area contributed by atoms with E-state index in [1.165, 1.54) is 0 Å². The van der Waals surface area contributed by atoms with Gasteiger partial charge in [-0.2, -0.15) is 0 Å². The maximum Gasteiger partial charge on any atom is 0.193 e. The average molecular weight is 470 g/mol. The first kappa shape index (κ1) is 20.2. The molecule has 1 saturated carbocycles. The summed E-state index contributed by atoms with van der Waals surface area (Å²) in [6.45, 7) is 0. The molecule has 0 aromatic heterocycles. The summed E-state index contributed by atoms with van der Waals surface area (Å²) in [4.78, 5) is 4.68. The number of fused-ring (bicyclic) bond motifs is 1. The van der Waals surface area contributed by atoms with Crippen molar-refractivity contribution in [1.82, 2.24) is 5.32 Å². The highest BCUT2D eigenvalue weighted by Crippen LogP contribution is 2.41. The number of hydrogen-bond acceptors (Lipinski definition) is 1. The number of allylic oxidation sites excluding steroid dienone is 1. The van der Waals surface area contributed by atoms with Crippen LogP contribution in [0.4, 0.5) is 0 Å². The van der Waals surface area contributed by atoms with Crippen LogP contribution in [0.1, 0.15) is 36.4 Å². The Balaban J connectivity index is 1.74. The van der Waals surface area contributed by atoms with Gasteiger partial charge in [0, 0.05) is 26.0 Å². The van der Waals surface area contributed by atoms with E-state index in [-0.39, 0.29) is 12.0 Å². The van der Waals surface area contributed by atoms with Crippen LogP contribution in [0.3, 0.4) is 0 Å². The fourth-order valence-electron chi connectivity index (χ4n) is 3.87. The molecule has 1 aliphatic heterocycles. The highest BCUT2D eigenvalue weighted by Gasteiger charge is 2.36. The third kappa shape index (κ3) is 4.10. The first-order valence-corrected chi connectivity index (χ1v) is 10.8. The molecular formula is C21H16Cl4N2S. The van der Waals surface area contributed by atoms with Crippen LogP contribution in [-0.2, 0) is 0 Å². The molecule has 28 heavy (non-hydrogen) atoms. The van der Waals surface area contributed by atoms with Crippen molar-refractivity contribution in [1.29, 1.82) is 0 Å². The van der Waals surface area contributed by atoms with Crippen LogP contribution < -0.4 is 5.32 Å². The number of thiocarbonyl (C=S) groups is 1. The fraction of sp³-hybridized carbons (Fsp3) is 0.238. The van der Waals surface area contributed by atoms with Gasteiger partial charge in [-0.1, -0.05) is 58.5 Å². The highest BCUT2D eigenvalue weighted by atomic mass is 35.5. The lowest BCUT2D eigenvalue weighted by Crippen LogP contribution is -2.43. The molecule has 2 aliphatic rings. The molecule has 0 spiro atoms. The normalized spacial score (nSPS) is 23.2. The van der Waals surface area contributed by atoms with Gasteiger partial charge in [-0.15, -0.1) is 0 Å². The van der Waals surface area contributed by atoms with Gasteiger partial charge >= 0.3 is 0 Å². The topological polar surface area (TPSA) is 24.4 Å². The van der Waals surface area contributed by atoms with Gasteiger partial charge in [-0.25, -0.2) is 4.99 Å². The number of nitrogens with zero attached hydrogens (tertiary/aromatic N) is 1. The molecule has 7 heteroatoms. The zero-order valence-electron chi connectivity index (χ0n) is 14.7. The molecule has 0 saturated heterocycles. The Morgan fingerprint density at radius 1 is 1.00 bits per heavy atom. The maximum atomic E-state index is 6.49. The predicted octanol–water partition coefficient (Wildman–Crippen LogP) is 7.55. The minimum Gasteiger partial charge on any atom is -0.353 e. The molecule has 0 amide bonds. The van der Waals surface area contributed by atoms with Gasteiger partial charge in [0.05, 0.1) is 11.8 Å². The summed E-state index contributed by atoms with van der Waals surface area (Å²) in [6.07, 6.45) is 5.08. The van der Waals surface area contributed by atoms with Gasteiger partial charge in [0.1, 0.15) is 0 Å². The minimum atomic E-state index is -0.0332. The van der Waals surface area contributed by atoms with Gasteiger partial charge in [0.25, 0.3) is 0 Å². The number of halogens is 4. The largest absolute Gasteiger partial charge is 0.353 e. The molecule has 1 aliphatic carbocycles. The van der Waals surface area contributed by atoms with Crippen LogP contribution in [0.5, 0.6) is 0 Å². The molecular weight excluding hydrogens is 454 g/mol. The van der Waals surface area contributed by atoms with E-state index in [0.29, 0.717) is 25.2 Å². The van der Waals surface area contributed by atoms with E-state index in [0.717, 1.165) is 41.7 Å². The molecule has 1 N–H and O–H groups in total. The SMILES string of the molecule is S=C1N=C2/C(=C/c3ccc(Cl)cc3Cl)CCC[C@H]2[C@H](c2ccc(Cl)cc2Cl)N1. The Morgan fingerprint density at radius 3 is 2.43 bits per heavy atom. The first-order chi connectivity index (χ1) is 13.4. The number of benzene rings is 2. The number of rotatable bonds is 2. The smallest absolute Gasteiger partial charge is 0.193 e. The average Bonchev–Trinajstić information content (AvgIpc) is 2.64. The molecule has 2 nitrogen and oxygen atoms in total. The molecule has 0 unspecified atom stereocenters. The van der Waals surface area contributed by atoms with Gasteiger partial charge in [-0.05, 0) is 78.5 Å². The molecule has 1 heterocycles. The van der Waals surface area contributed by atoms with Crippen molar-refractivity contribution in [2.45, 2.75) is 25.3 Å². The van der Waals surface area contributed by atoms with Crippen LogP contribution >= 0.6 is 58.6 Å². The molecule has 1 fully saturated rings. The number of nitrogens with one attached hydrogen (secondary N) is 1. The Hall–Kier alpha value is -1.10. The van der Waals surface area contributed by atoms with Crippen LogP contribution in [0.2, 0.25) is 20.1 Å². The summed E-state index contributed by atoms with van der Waals surface area (Å²) in [5.74, 6) is 0.177. The van der Waals surface area contributed by atoms with Crippen molar-refractivity contribution in [2.75, 3.05) is 0 Å². The van der Waals surface area contributed by atoms with Crippen LogP contribution in [-0.4, -0.2) is 10.8 Å². The van der Waals surface area contributed by atoms with Crippen LogP contribution in [0.15, 0.2) is 47.0 Å². The summed E-state index contributed by atoms with van der Waals surface area (Å²) in [7, 11) is 0. The molecule has 2 aromatic carbocycles. The lowest BCUT2D eigenvalue weighted by Gasteiger charge is -2.38. The Labute approximate surface area is 189 Å². The highest BCUT2D eigenvalue weighted by molar-refractivity contribution is 7.80. The van der Waals surface area contributed by atoms with Crippen molar-refractivity contribution in [3.8, 4) is 0 Å². The monoisotopic (exact) mass is 468 g/mol. The summed E-state index contributed by atoms with van der Waals surface area (Å²) in [6, 6.07) is 11.1. The van der Waals surface area contributed by atoms with Gasteiger partial charge in [0.2, 0.25) is 0 Å². The maximum absolute atomic E-state index is 6.49. The van der Waals surface area contributed by atoms with Crippen molar-refractivity contribution < 1.29 is 0 Å². The second kappa shape index (κ2) is 8.33. The summed E-state index contributed by atoms with van der Waals surface area (Å²) in [5.41, 5.74) is 4.07. The molecule has 2 atom stereocenters. The van der Waals surface area contributed by atoms with Gasteiger partial charge in [-0.3, -0.25) is 0 Å². The third-order valence-corrected chi connectivity index (χ3v) is 6.47. The predicted molar refractivity (Wildman–Crippen MR) is 124 cm³/mol. The summed E-state index contributed by atoms with van der Waals surface area (Å²) in [5, 5.41) is 6.29. The molecule has 4 rings (SSSR count). The van der Waals surface area contributed by atoms with E-state index in [2.05, 4.69) is 16.4 Å². The van der Waals surface area contributed by atoms with Gasteiger partial charge < -0.3 is 5.32 Å². The summed E-state index contributed by atoms with van der Waals surface area (Å²) >= 11 is 30.4. The number of hydrogen-bond donors (Lipinski definition) is 1.